The molecule has 0 spiro atoms. The molecule has 0 saturated carbocycles. The topological polar surface area (TPSA) is 91.7 Å². The number of likely N-dealkylation sites (tertiary alicyclic amines) is 1. The van der Waals surface area contributed by atoms with E-state index in [0.717, 1.165) is 37.2 Å². The number of aromatic nitrogens is 2. The zero-order valence-corrected chi connectivity index (χ0v) is 16.4. The third kappa shape index (κ3) is 5.32. The summed E-state index contributed by atoms with van der Waals surface area (Å²) < 4.78 is 10.9. The molecule has 0 radical (unpaired) electrons. The summed E-state index contributed by atoms with van der Waals surface area (Å²) in [7, 11) is 1.77. The molecule has 2 aromatic heterocycles. The first-order chi connectivity index (χ1) is 13.2. The molecule has 1 saturated heterocycles. The molecule has 1 aliphatic rings. The van der Waals surface area contributed by atoms with Gasteiger partial charge in [0.25, 0.3) is 0 Å². The molecule has 148 valence electrons. The number of guanidine groups is 1. The number of rotatable bonds is 8. The van der Waals surface area contributed by atoms with Crippen LogP contribution in [0.1, 0.15) is 56.1 Å². The van der Waals surface area contributed by atoms with Gasteiger partial charge in [-0.25, -0.2) is 0 Å². The molecule has 8 nitrogen and oxygen atoms in total. The van der Waals surface area contributed by atoms with Gasteiger partial charge in [0, 0.05) is 32.5 Å². The van der Waals surface area contributed by atoms with Gasteiger partial charge in [-0.2, -0.15) is 4.98 Å². The number of furan rings is 1. The number of aliphatic imine (C=N–C) groups is 1. The fourth-order valence-corrected chi connectivity index (χ4v) is 3.25. The summed E-state index contributed by atoms with van der Waals surface area (Å²) in [5.74, 6) is 3.42. The van der Waals surface area contributed by atoms with Crippen molar-refractivity contribution < 1.29 is 8.94 Å². The summed E-state index contributed by atoms with van der Waals surface area (Å²) in [6.45, 7) is 7.73. The molecule has 0 bridgehead atoms. The molecule has 8 heteroatoms. The highest BCUT2D eigenvalue weighted by Crippen LogP contribution is 2.24. The standard InChI is InChI=1S/C19H30N6O2/c1-14(2)18-23-17(27-24-18)8-9-21-19(20-3)22-13-15(16-7-6-12-26-16)25-10-4-5-11-25/h6-7,12,14-15H,4-5,8-11,13H2,1-3H3,(H2,20,21,22). The van der Waals surface area contributed by atoms with Crippen molar-refractivity contribution in [1.29, 1.82) is 0 Å². The molecule has 1 aliphatic heterocycles. The van der Waals surface area contributed by atoms with E-state index in [4.69, 9.17) is 8.94 Å². The van der Waals surface area contributed by atoms with Crippen molar-refractivity contribution in [3.8, 4) is 0 Å². The molecule has 1 unspecified atom stereocenters. The Balaban J connectivity index is 1.48. The minimum atomic E-state index is 0.214. The van der Waals surface area contributed by atoms with Crippen molar-refractivity contribution >= 4 is 5.96 Å². The van der Waals surface area contributed by atoms with Crippen molar-refractivity contribution in [2.75, 3.05) is 33.2 Å². The average molecular weight is 374 g/mol. The van der Waals surface area contributed by atoms with E-state index in [-0.39, 0.29) is 12.0 Å². The van der Waals surface area contributed by atoms with Gasteiger partial charge in [-0.1, -0.05) is 19.0 Å². The van der Waals surface area contributed by atoms with Crippen LogP contribution >= 0.6 is 0 Å². The zero-order chi connectivity index (χ0) is 19.1. The van der Waals surface area contributed by atoms with Crippen molar-refractivity contribution in [3.05, 3.63) is 35.9 Å². The second-order valence-electron chi connectivity index (χ2n) is 7.11. The average Bonchev–Trinajstić information content (AvgIpc) is 3.42. The number of nitrogens with zero attached hydrogens (tertiary/aromatic N) is 4. The van der Waals surface area contributed by atoms with E-state index in [1.165, 1.54) is 12.8 Å². The van der Waals surface area contributed by atoms with E-state index in [1.807, 2.05) is 12.1 Å². The van der Waals surface area contributed by atoms with Gasteiger partial charge in [-0.05, 0) is 38.1 Å². The van der Waals surface area contributed by atoms with Gasteiger partial charge in [0.05, 0.1) is 12.3 Å². The highest BCUT2D eigenvalue weighted by atomic mass is 16.5. The Morgan fingerprint density at radius 3 is 2.74 bits per heavy atom. The fraction of sp³-hybridized carbons (Fsp3) is 0.632. The van der Waals surface area contributed by atoms with Crippen LogP contribution in [0.15, 0.2) is 32.3 Å². The highest BCUT2D eigenvalue weighted by Gasteiger charge is 2.25. The van der Waals surface area contributed by atoms with Crippen molar-refractivity contribution in [3.63, 3.8) is 0 Å². The van der Waals surface area contributed by atoms with Gasteiger partial charge in [0.2, 0.25) is 5.89 Å². The number of nitrogens with one attached hydrogen (secondary N) is 2. The quantitative estimate of drug-likeness (QED) is 0.541. The van der Waals surface area contributed by atoms with Crippen LogP contribution in [-0.2, 0) is 6.42 Å². The molecular formula is C19H30N6O2. The van der Waals surface area contributed by atoms with Gasteiger partial charge in [0.1, 0.15) is 5.76 Å². The maximum Gasteiger partial charge on any atom is 0.228 e. The third-order valence-corrected chi connectivity index (χ3v) is 4.77. The molecule has 3 rings (SSSR count). The summed E-state index contributed by atoms with van der Waals surface area (Å²) in [6.07, 6.45) is 4.88. The lowest BCUT2D eigenvalue weighted by Gasteiger charge is -2.26. The van der Waals surface area contributed by atoms with Crippen LogP contribution in [0.4, 0.5) is 0 Å². The van der Waals surface area contributed by atoms with Gasteiger partial charge in [-0.3, -0.25) is 9.89 Å². The van der Waals surface area contributed by atoms with Crippen LogP contribution in [0, 0.1) is 0 Å². The molecular weight excluding hydrogens is 344 g/mol. The predicted octanol–water partition coefficient (Wildman–Crippen LogP) is 2.33. The summed E-state index contributed by atoms with van der Waals surface area (Å²) >= 11 is 0. The molecule has 2 aromatic rings. The second kappa shape index (κ2) is 9.55. The summed E-state index contributed by atoms with van der Waals surface area (Å²) in [6, 6.07) is 4.20. The van der Waals surface area contributed by atoms with E-state index in [2.05, 4.69) is 44.5 Å². The Morgan fingerprint density at radius 1 is 1.30 bits per heavy atom. The SMILES string of the molecule is CN=C(NCCc1nc(C(C)C)no1)NCC(c1ccco1)N1CCCC1. The largest absolute Gasteiger partial charge is 0.468 e. The molecule has 0 aromatic carbocycles. The van der Waals surface area contributed by atoms with E-state index in [1.54, 1.807) is 13.3 Å². The maximum atomic E-state index is 5.66. The molecule has 0 amide bonds. The Morgan fingerprint density at radius 2 is 2.11 bits per heavy atom. The lowest BCUT2D eigenvalue weighted by molar-refractivity contribution is 0.215. The van der Waals surface area contributed by atoms with Crippen molar-refractivity contribution in [1.82, 2.24) is 25.7 Å². The number of hydrogen-bond donors (Lipinski definition) is 2. The van der Waals surface area contributed by atoms with Crippen molar-refractivity contribution in [2.45, 2.75) is 45.1 Å². The Bertz CT molecular complexity index is 704. The summed E-state index contributed by atoms with van der Waals surface area (Å²) in [4.78, 5) is 11.2. The first-order valence-corrected chi connectivity index (χ1v) is 9.72. The van der Waals surface area contributed by atoms with Gasteiger partial charge in [0.15, 0.2) is 11.8 Å². The van der Waals surface area contributed by atoms with Crippen molar-refractivity contribution in [2.24, 2.45) is 4.99 Å². The van der Waals surface area contributed by atoms with Crippen LogP contribution in [0.25, 0.3) is 0 Å². The molecule has 27 heavy (non-hydrogen) atoms. The Kier molecular flexibility index (Phi) is 6.86. The molecule has 1 fully saturated rings. The maximum absolute atomic E-state index is 5.66. The monoisotopic (exact) mass is 374 g/mol. The van der Waals surface area contributed by atoms with Crippen LogP contribution in [0.5, 0.6) is 0 Å². The van der Waals surface area contributed by atoms with E-state index >= 15 is 0 Å². The minimum Gasteiger partial charge on any atom is -0.468 e. The van der Waals surface area contributed by atoms with Crippen LogP contribution < -0.4 is 10.6 Å². The lowest BCUT2D eigenvalue weighted by Crippen LogP contribution is -2.43. The molecule has 0 aliphatic carbocycles. The van der Waals surface area contributed by atoms with E-state index in [9.17, 15) is 0 Å². The van der Waals surface area contributed by atoms with E-state index in [0.29, 0.717) is 18.9 Å². The normalized spacial score (nSPS) is 16.8. The lowest BCUT2D eigenvalue weighted by atomic mass is 10.2. The van der Waals surface area contributed by atoms with Gasteiger partial charge in [-0.15, -0.1) is 0 Å². The highest BCUT2D eigenvalue weighted by molar-refractivity contribution is 5.79. The smallest absolute Gasteiger partial charge is 0.228 e. The first-order valence-electron chi connectivity index (χ1n) is 9.72. The van der Waals surface area contributed by atoms with Crippen LogP contribution in [-0.4, -0.2) is 54.2 Å². The third-order valence-electron chi connectivity index (χ3n) is 4.77. The molecule has 3 heterocycles. The minimum absolute atomic E-state index is 0.214. The fourth-order valence-electron chi connectivity index (χ4n) is 3.25. The van der Waals surface area contributed by atoms with E-state index < -0.39 is 0 Å². The van der Waals surface area contributed by atoms with Crippen LogP contribution in [0.2, 0.25) is 0 Å². The zero-order valence-electron chi connectivity index (χ0n) is 16.4. The first kappa shape index (κ1) is 19.4. The Hall–Kier alpha value is -2.35. The molecule has 2 N–H and O–H groups in total. The Labute approximate surface area is 160 Å². The van der Waals surface area contributed by atoms with Gasteiger partial charge < -0.3 is 19.6 Å². The number of hydrogen-bond acceptors (Lipinski definition) is 6. The summed E-state index contributed by atoms with van der Waals surface area (Å²) in [5, 5.41) is 10.7. The van der Waals surface area contributed by atoms with Gasteiger partial charge >= 0.3 is 0 Å². The summed E-state index contributed by atoms with van der Waals surface area (Å²) in [5.41, 5.74) is 0. The second-order valence-corrected chi connectivity index (χ2v) is 7.11. The van der Waals surface area contributed by atoms with Crippen LogP contribution in [0.3, 0.4) is 0 Å². The predicted molar refractivity (Wildman–Crippen MR) is 104 cm³/mol. The molecule has 1 atom stereocenters.